The maximum Gasteiger partial charge on any atom is 0.114 e. The van der Waals surface area contributed by atoms with E-state index in [-0.39, 0.29) is 5.54 Å². The fourth-order valence-electron chi connectivity index (χ4n) is 2.61. The molecule has 0 amide bonds. The molecule has 1 heterocycles. The smallest absolute Gasteiger partial charge is 0.114 e. The predicted molar refractivity (Wildman–Crippen MR) is 80.8 cm³/mol. The summed E-state index contributed by atoms with van der Waals surface area (Å²) in [5.41, 5.74) is 1.58. The lowest BCUT2D eigenvalue weighted by atomic mass is 9.84. The van der Waals surface area contributed by atoms with Crippen LogP contribution in [0.3, 0.4) is 0 Å². The Morgan fingerprint density at radius 1 is 1.47 bits per heavy atom. The summed E-state index contributed by atoms with van der Waals surface area (Å²) in [6, 6.07) is 0. The van der Waals surface area contributed by atoms with Crippen molar-refractivity contribution in [3.63, 3.8) is 0 Å². The summed E-state index contributed by atoms with van der Waals surface area (Å²) in [6.07, 6.45) is 3.58. The normalized spacial score (nSPS) is 20.3. The largest absolute Gasteiger partial charge is 0.383 e. The zero-order valence-electron chi connectivity index (χ0n) is 12.8. The highest BCUT2D eigenvalue weighted by molar-refractivity contribution is 7.11. The van der Waals surface area contributed by atoms with Crippen LogP contribution >= 0.6 is 11.3 Å². The van der Waals surface area contributed by atoms with Gasteiger partial charge in [0.05, 0.1) is 17.8 Å². The molecular formula is C15H26N2OS. The quantitative estimate of drug-likeness (QED) is 0.779. The van der Waals surface area contributed by atoms with Gasteiger partial charge in [-0.2, -0.15) is 0 Å². The van der Waals surface area contributed by atoms with Crippen LogP contribution in [0.4, 0.5) is 0 Å². The number of ether oxygens (including phenoxy) is 1. The third-order valence-electron chi connectivity index (χ3n) is 4.65. The minimum absolute atomic E-state index is 0.0195. The maximum atomic E-state index is 5.18. The van der Waals surface area contributed by atoms with Gasteiger partial charge in [0.2, 0.25) is 0 Å². The molecule has 1 aliphatic carbocycles. The number of methoxy groups -OCH3 is 1. The van der Waals surface area contributed by atoms with Crippen LogP contribution in [0, 0.1) is 12.3 Å². The van der Waals surface area contributed by atoms with Gasteiger partial charge in [-0.3, -0.25) is 0 Å². The van der Waals surface area contributed by atoms with E-state index in [1.165, 1.54) is 28.4 Å². The summed E-state index contributed by atoms with van der Waals surface area (Å²) in [6.45, 7) is 10.7. The van der Waals surface area contributed by atoms with E-state index in [9.17, 15) is 0 Å². The number of nitrogens with one attached hydrogen (secondary N) is 1. The molecule has 19 heavy (non-hydrogen) atoms. The summed E-state index contributed by atoms with van der Waals surface area (Å²) >= 11 is 1.86. The lowest BCUT2D eigenvalue weighted by Gasteiger charge is -2.35. The molecule has 1 aromatic heterocycles. The van der Waals surface area contributed by atoms with Gasteiger partial charge in [-0.25, -0.2) is 4.98 Å². The van der Waals surface area contributed by atoms with Crippen LogP contribution in [-0.4, -0.2) is 25.2 Å². The molecule has 0 bridgehead atoms. The van der Waals surface area contributed by atoms with E-state index in [4.69, 9.17) is 9.72 Å². The van der Waals surface area contributed by atoms with Gasteiger partial charge in [0.15, 0.2) is 0 Å². The minimum atomic E-state index is -0.0195. The van der Waals surface area contributed by atoms with Gasteiger partial charge in [0, 0.05) is 18.5 Å². The molecule has 1 fully saturated rings. The van der Waals surface area contributed by atoms with Gasteiger partial charge < -0.3 is 10.1 Å². The van der Waals surface area contributed by atoms with Gasteiger partial charge in [0.1, 0.15) is 5.01 Å². The molecule has 1 aromatic rings. The van der Waals surface area contributed by atoms with Gasteiger partial charge in [-0.05, 0) is 38.5 Å². The fraction of sp³-hybridized carbons (Fsp3) is 0.800. The Labute approximate surface area is 120 Å². The number of nitrogens with zero attached hydrogens (tertiary/aromatic N) is 1. The average molecular weight is 282 g/mol. The van der Waals surface area contributed by atoms with Crippen LogP contribution in [0.2, 0.25) is 0 Å². The Hall–Kier alpha value is -0.450. The van der Waals surface area contributed by atoms with Gasteiger partial charge in [-0.1, -0.05) is 13.8 Å². The van der Waals surface area contributed by atoms with Gasteiger partial charge in [0.25, 0.3) is 0 Å². The molecule has 1 saturated carbocycles. The SMILES string of the molecule is CCc1nc(C(C)(NCCOC)C2(C)CC2)sc1C. The molecule has 1 atom stereocenters. The van der Waals surface area contributed by atoms with Crippen LogP contribution in [-0.2, 0) is 16.7 Å². The number of thiazole rings is 1. The van der Waals surface area contributed by atoms with Crippen LogP contribution in [0.15, 0.2) is 0 Å². The lowest BCUT2D eigenvalue weighted by Crippen LogP contribution is -2.47. The standard InChI is InChI=1S/C15H26N2OS/c1-6-12-11(2)19-13(17-12)15(4,14(3)7-8-14)16-9-10-18-5/h16H,6-10H2,1-5H3. The average Bonchev–Trinajstić information content (AvgIpc) is 3.02. The number of hydrogen-bond donors (Lipinski definition) is 1. The van der Waals surface area contributed by atoms with Crippen molar-refractivity contribution in [3.8, 4) is 0 Å². The molecule has 1 aliphatic rings. The second kappa shape index (κ2) is 5.51. The van der Waals surface area contributed by atoms with Crippen molar-refractivity contribution in [1.29, 1.82) is 0 Å². The summed E-state index contributed by atoms with van der Waals surface area (Å²) in [7, 11) is 1.75. The Morgan fingerprint density at radius 2 is 2.16 bits per heavy atom. The number of rotatable bonds is 7. The summed E-state index contributed by atoms with van der Waals surface area (Å²) in [5.74, 6) is 0. The molecule has 2 rings (SSSR count). The van der Waals surface area contributed by atoms with E-state index in [0.29, 0.717) is 5.41 Å². The lowest BCUT2D eigenvalue weighted by molar-refractivity contribution is 0.162. The monoisotopic (exact) mass is 282 g/mol. The van der Waals surface area contributed by atoms with E-state index in [1.54, 1.807) is 7.11 Å². The summed E-state index contributed by atoms with van der Waals surface area (Å²) in [5, 5.41) is 4.95. The van der Waals surface area contributed by atoms with Crippen molar-refractivity contribution < 1.29 is 4.74 Å². The third kappa shape index (κ3) is 2.71. The van der Waals surface area contributed by atoms with Crippen molar-refractivity contribution in [1.82, 2.24) is 10.3 Å². The van der Waals surface area contributed by atoms with Crippen molar-refractivity contribution >= 4 is 11.3 Å². The molecule has 108 valence electrons. The Morgan fingerprint density at radius 3 is 2.63 bits per heavy atom. The molecule has 0 spiro atoms. The highest BCUT2D eigenvalue weighted by Gasteiger charge is 2.55. The van der Waals surface area contributed by atoms with Crippen molar-refractivity contribution in [2.45, 2.75) is 52.5 Å². The van der Waals surface area contributed by atoms with Gasteiger partial charge in [-0.15, -0.1) is 11.3 Å². The first-order chi connectivity index (χ1) is 8.97. The molecular weight excluding hydrogens is 256 g/mol. The first kappa shape index (κ1) is 14.9. The predicted octanol–water partition coefficient (Wildman–Crippen LogP) is 3.27. The van der Waals surface area contributed by atoms with Crippen molar-refractivity contribution in [2.24, 2.45) is 5.41 Å². The molecule has 4 heteroatoms. The molecule has 1 N–H and O–H groups in total. The summed E-state index contributed by atoms with van der Waals surface area (Å²) < 4.78 is 5.18. The Balaban J connectivity index is 2.26. The van der Waals surface area contributed by atoms with E-state index in [1.807, 2.05) is 11.3 Å². The van der Waals surface area contributed by atoms with E-state index >= 15 is 0 Å². The topological polar surface area (TPSA) is 34.2 Å². The van der Waals surface area contributed by atoms with Crippen LogP contribution in [0.5, 0.6) is 0 Å². The highest BCUT2D eigenvalue weighted by atomic mass is 32.1. The zero-order valence-corrected chi connectivity index (χ0v) is 13.6. The van der Waals surface area contributed by atoms with Gasteiger partial charge >= 0.3 is 0 Å². The number of hydrogen-bond acceptors (Lipinski definition) is 4. The Kier molecular flexibility index (Phi) is 4.33. The van der Waals surface area contributed by atoms with E-state index < -0.39 is 0 Å². The molecule has 0 saturated heterocycles. The van der Waals surface area contributed by atoms with Crippen molar-refractivity contribution in [2.75, 3.05) is 20.3 Å². The molecule has 0 radical (unpaired) electrons. The number of aryl methyl sites for hydroxylation is 2. The van der Waals surface area contributed by atoms with E-state index in [2.05, 4.69) is 33.0 Å². The Bertz CT molecular complexity index is 439. The highest BCUT2D eigenvalue weighted by Crippen LogP contribution is 2.58. The molecule has 1 unspecified atom stereocenters. The molecule has 0 aromatic carbocycles. The summed E-state index contributed by atoms with van der Waals surface area (Å²) in [4.78, 5) is 6.26. The first-order valence-electron chi connectivity index (χ1n) is 7.17. The zero-order chi connectivity index (χ0) is 14.1. The van der Waals surface area contributed by atoms with Crippen LogP contribution in [0.25, 0.3) is 0 Å². The minimum Gasteiger partial charge on any atom is -0.383 e. The third-order valence-corrected chi connectivity index (χ3v) is 5.88. The second-order valence-corrected chi connectivity index (χ2v) is 7.18. The molecule has 0 aliphatic heterocycles. The fourth-order valence-corrected chi connectivity index (χ4v) is 3.88. The van der Waals surface area contributed by atoms with Crippen molar-refractivity contribution in [3.05, 3.63) is 15.6 Å². The van der Waals surface area contributed by atoms with Crippen LogP contribution < -0.4 is 5.32 Å². The maximum absolute atomic E-state index is 5.18. The van der Waals surface area contributed by atoms with Crippen LogP contribution in [0.1, 0.15) is 49.2 Å². The second-order valence-electron chi connectivity index (χ2n) is 5.98. The first-order valence-corrected chi connectivity index (χ1v) is 7.99. The number of aromatic nitrogens is 1. The molecule has 3 nitrogen and oxygen atoms in total. The van der Waals surface area contributed by atoms with E-state index in [0.717, 1.165) is 19.6 Å².